The molecule has 5 heteroatoms. The van der Waals surface area contributed by atoms with Gasteiger partial charge in [-0.3, -0.25) is 9.69 Å². The number of likely N-dealkylation sites (N-methyl/N-ethyl adjacent to an activating group) is 1. The zero-order valence-corrected chi connectivity index (χ0v) is 11.7. The summed E-state index contributed by atoms with van der Waals surface area (Å²) >= 11 is 0. The number of nitrogens with zero attached hydrogens (tertiary/aromatic N) is 1. The van der Waals surface area contributed by atoms with Crippen molar-refractivity contribution < 1.29 is 9.18 Å². The Balaban J connectivity index is 2.63. The van der Waals surface area contributed by atoms with E-state index in [0.717, 1.165) is 12.1 Å². The van der Waals surface area contributed by atoms with Gasteiger partial charge in [0.1, 0.15) is 5.82 Å². The van der Waals surface area contributed by atoms with Crippen LogP contribution < -0.4 is 11.1 Å². The molecule has 1 amide bonds. The van der Waals surface area contributed by atoms with Gasteiger partial charge >= 0.3 is 0 Å². The van der Waals surface area contributed by atoms with Crippen molar-refractivity contribution in [3.8, 4) is 0 Å². The van der Waals surface area contributed by atoms with Gasteiger partial charge in [0.25, 0.3) is 0 Å². The highest BCUT2D eigenvalue weighted by molar-refractivity contribution is 5.78. The Morgan fingerprint density at radius 1 is 1.47 bits per heavy atom. The summed E-state index contributed by atoms with van der Waals surface area (Å²) in [6, 6.07) is 4.47. The van der Waals surface area contributed by atoms with E-state index in [2.05, 4.69) is 5.32 Å². The summed E-state index contributed by atoms with van der Waals surface area (Å²) in [7, 11) is 0. The molecular formula is C14H22FN3O. The molecule has 19 heavy (non-hydrogen) atoms. The van der Waals surface area contributed by atoms with Crippen molar-refractivity contribution in [3.05, 3.63) is 29.6 Å². The zero-order chi connectivity index (χ0) is 14.4. The maximum atomic E-state index is 13.0. The third-order valence-corrected chi connectivity index (χ3v) is 2.77. The van der Waals surface area contributed by atoms with Crippen LogP contribution in [0.15, 0.2) is 18.2 Å². The number of nitrogens with two attached hydrogens (primary N) is 1. The Hall–Kier alpha value is -1.62. The van der Waals surface area contributed by atoms with Crippen molar-refractivity contribution in [1.82, 2.24) is 10.2 Å². The fourth-order valence-corrected chi connectivity index (χ4v) is 1.80. The molecule has 4 nitrogen and oxygen atoms in total. The summed E-state index contributed by atoms with van der Waals surface area (Å²) in [6.45, 7) is 7.39. The van der Waals surface area contributed by atoms with E-state index in [1.807, 2.05) is 25.7 Å². The summed E-state index contributed by atoms with van der Waals surface area (Å²) in [4.78, 5) is 13.7. The summed E-state index contributed by atoms with van der Waals surface area (Å²) in [6.07, 6.45) is 0. The topological polar surface area (TPSA) is 58.4 Å². The average Bonchev–Trinajstić information content (AvgIpc) is 2.30. The van der Waals surface area contributed by atoms with E-state index in [1.54, 1.807) is 6.07 Å². The molecule has 0 aliphatic rings. The SMILES string of the molecule is CCN(CC(=O)NC(C)C)Cc1ccc(F)cc1N. The van der Waals surface area contributed by atoms with E-state index in [0.29, 0.717) is 18.8 Å². The molecule has 0 fully saturated rings. The van der Waals surface area contributed by atoms with Gasteiger partial charge in [-0.15, -0.1) is 0 Å². The molecule has 0 radical (unpaired) electrons. The van der Waals surface area contributed by atoms with Crippen LogP contribution in [-0.2, 0) is 11.3 Å². The Morgan fingerprint density at radius 3 is 2.68 bits per heavy atom. The minimum Gasteiger partial charge on any atom is -0.398 e. The molecule has 0 unspecified atom stereocenters. The first-order valence-electron chi connectivity index (χ1n) is 6.48. The minimum atomic E-state index is -0.346. The standard InChI is InChI=1S/C14H22FN3O/c1-4-18(9-14(19)17-10(2)3)8-11-5-6-12(15)7-13(11)16/h5-7,10H,4,8-9,16H2,1-3H3,(H,17,19). The molecule has 0 aliphatic heterocycles. The number of halogens is 1. The van der Waals surface area contributed by atoms with Crippen molar-refractivity contribution in [3.63, 3.8) is 0 Å². The molecule has 1 aromatic carbocycles. The molecule has 0 bridgehead atoms. The number of rotatable bonds is 6. The van der Waals surface area contributed by atoms with E-state index in [4.69, 9.17) is 5.73 Å². The summed E-state index contributed by atoms with van der Waals surface area (Å²) in [5.74, 6) is -0.362. The number of carbonyl (C=O) groups excluding carboxylic acids is 1. The molecule has 0 spiro atoms. The normalized spacial score (nSPS) is 11.1. The minimum absolute atomic E-state index is 0.0162. The van der Waals surface area contributed by atoms with Gasteiger partial charge in [0, 0.05) is 18.3 Å². The first kappa shape index (κ1) is 15.4. The van der Waals surface area contributed by atoms with E-state index in [-0.39, 0.29) is 17.8 Å². The van der Waals surface area contributed by atoms with Crippen LogP contribution in [0.3, 0.4) is 0 Å². The molecule has 0 atom stereocenters. The predicted molar refractivity (Wildman–Crippen MR) is 75.0 cm³/mol. The fourth-order valence-electron chi connectivity index (χ4n) is 1.80. The van der Waals surface area contributed by atoms with Gasteiger partial charge in [0.15, 0.2) is 0 Å². The van der Waals surface area contributed by atoms with Crippen LogP contribution in [-0.4, -0.2) is 29.9 Å². The van der Waals surface area contributed by atoms with E-state index in [1.165, 1.54) is 12.1 Å². The molecule has 106 valence electrons. The largest absolute Gasteiger partial charge is 0.398 e. The Kier molecular flexibility index (Phi) is 5.76. The van der Waals surface area contributed by atoms with Crippen LogP contribution in [0.2, 0.25) is 0 Å². The fraction of sp³-hybridized carbons (Fsp3) is 0.500. The summed E-state index contributed by atoms with van der Waals surface area (Å²) < 4.78 is 13.0. The number of hydrogen-bond acceptors (Lipinski definition) is 3. The zero-order valence-electron chi connectivity index (χ0n) is 11.7. The number of anilines is 1. The van der Waals surface area contributed by atoms with Crippen LogP contribution >= 0.6 is 0 Å². The summed E-state index contributed by atoms with van der Waals surface area (Å²) in [5.41, 5.74) is 7.02. The highest BCUT2D eigenvalue weighted by Crippen LogP contribution is 2.15. The molecule has 3 N–H and O–H groups in total. The van der Waals surface area contributed by atoms with E-state index >= 15 is 0 Å². The second kappa shape index (κ2) is 7.09. The second-order valence-corrected chi connectivity index (χ2v) is 4.87. The van der Waals surface area contributed by atoms with Gasteiger partial charge in [-0.2, -0.15) is 0 Å². The first-order valence-corrected chi connectivity index (χ1v) is 6.48. The van der Waals surface area contributed by atoms with Gasteiger partial charge < -0.3 is 11.1 Å². The second-order valence-electron chi connectivity index (χ2n) is 4.87. The number of nitrogen functional groups attached to an aromatic ring is 1. The average molecular weight is 267 g/mol. The number of hydrogen-bond donors (Lipinski definition) is 2. The maximum Gasteiger partial charge on any atom is 0.234 e. The highest BCUT2D eigenvalue weighted by atomic mass is 19.1. The maximum absolute atomic E-state index is 13.0. The van der Waals surface area contributed by atoms with Crippen molar-refractivity contribution >= 4 is 11.6 Å². The molecule has 1 aromatic rings. The van der Waals surface area contributed by atoms with Crippen molar-refractivity contribution in [2.24, 2.45) is 0 Å². The van der Waals surface area contributed by atoms with Gasteiger partial charge in [-0.25, -0.2) is 4.39 Å². The molecule has 0 heterocycles. The lowest BCUT2D eigenvalue weighted by atomic mass is 10.1. The van der Waals surface area contributed by atoms with Crippen molar-refractivity contribution in [2.75, 3.05) is 18.8 Å². The molecule has 0 aromatic heterocycles. The van der Waals surface area contributed by atoms with Crippen LogP contribution in [0.5, 0.6) is 0 Å². The smallest absolute Gasteiger partial charge is 0.234 e. The lowest BCUT2D eigenvalue weighted by Gasteiger charge is -2.21. The van der Waals surface area contributed by atoms with Crippen LogP contribution in [0.4, 0.5) is 10.1 Å². The third-order valence-electron chi connectivity index (χ3n) is 2.77. The Morgan fingerprint density at radius 2 is 2.16 bits per heavy atom. The van der Waals surface area contributed by atoms with Crippen molar-refractivity contribution in [2.45, 2.75) is 33.4 Å². The van der Waals surface area contributed by atoms with Gasteiger partial charge in [-0.05, 0) is 38.1 Å². The monoisotopic (exact) mass is 267 g/mol. The third kappa shape index (κ3) is 5.26. The van der Waals surface area contributed by atoms with Crippen molar-refractivity contribution in [1.29, 1.82) is 0 Å². The van der Waals surface area contributed by atoms with Crippen LogP contribution in [0.25, 0.3) is 0 Å². The number of carbonyl (C=O) groups is 1. The van der Waals surface area contributed by atoms with Gasteiger partial charge in [0.2, 0.25) is 5.91 Å². The molecule has 0 saturated carbocycles. The number of amides is 1. The lowest BCUT2D eigenvalue weighted by Crippen LogP contribution is -2.39. The van der Waals surface area contributed by atoms with E-state index < -0.39 is 0 Å². The van der Waals surface area contributed by atoms with Crippen LogP contribution in [0, 0.1) is 5.82 Å². The number of benzene rings is 1. The summed E-state index contributed by atoms with van der Waals surface area (Å²) in [5, 5.41) is 2.85. The van der Waals surface area contributed by atoms with Gasteiger partial charge in [0.05, 0.1) is 6.54 Å². The molecule has 1 rings (SSSR count). The number of nitrogens with one attached hydrogen (secondary N) is 1. The lowest BCUT2D eigenvalue weighted by molar-refractivity contribution is -0.122. The Bertz CT molecular complexity index is 435. The molecule has 0 saturated heterocycles. The highest BCUT2D eigenvalue weighted by Gasteiger charge is 2.12. The van der Waals surface area contributed by atoms with E-state index in [9.17, 15) is 9.18 Å². The predicted octanol–water partition coefficient (Wildman–Crippen LogP) is 1.75. The van der Waals surface area contributed by atoms with Gasteiger partial charge in [-0.1, -0.05) is 13.0 Å². The quantitative estimate of drug-likeness (QED) is 0.772. The molecular weight excluding hydrogens is 245 g/mol. The van der Waals surface area contributed by atoms with Crippen LogP contribution in [0.1, 0.15) is 26.3 Å². The first-order chi connectivity index (χ1) is 8.92. The Labute approximate surface area is 113 Å². The molecule has 0 aliphatic carbocycles.